The highest BCUT2D eigenvalue weighted by Gasteiger charge is 2.04. The molecular weight excluding hydrogens is 262 g/mol. The fourth-order valence-electron chi connectivity index (χ4n) is 1.86. The van der Waals surface area contributed by atoms with Crippen molar-refractivity contribution in [1.82, 2.24) is 19.6 Å². The Morgan fingerprint density at radius 2 is 2.05 bits per heavy atom. The molecule has 2 aromatic heterocycles. The van der Waals surface area contributed by atoms with E-state index in [-0.39, 0.29) is 0 Å². The molecule has 0 aliphatic carbocycles. The molecule has 19 heavy (non-hydrogen) atoms. The highest BCUT2D eigenvalue weighted by atomic mass is 35.5. The Morgan fingerprint density at radius 1 is 1.26 bits per heavy atom. The Kier molecular flexibility index (Phi) is 3.05. The van der Waals surface area contributed by atoms with Crippen LogP contribution >= 0.6 is 11.6 Å². The van der Waals surface area contributed by atoms with Gasteiger partial charge in [0.1, 0.15) is 12.1 Å². The van der Waals surface area contributed by atoms with E-state index >= 15 is 0 Å². The number of rotatable bonds is 3. The number of aryl methyl sites for hydroxylation is 1. The highest BCUT2D eigenvalue weighted by molar-refractivity contribution is 6.30. The predicted molar refractivity (Wildman–Crippen MR) is 74.3 cm³/mol. The van der Waals surface area contributed by atoms with Gasteiger partial charge in [-0.3, -0.25) is 4.40 Å². The summed E-state index contributed by atoms with van der Waals surface area (Å²) in [7, 11) is 0. The molecule has 0 amide bonds. The number of halogens is 1. The second-order valence-corrected chi connectivity index (χ2v) is 4.70. The second kappa shape index (κ2) is 4.85. The van der Waals surface area contributed by atoms with Gasteiger partial charge in [0.2, 0.25) is 0 Å². The number of benzene rings is 1. The molecule has 1 N–H and O–H groups in total. The number of hydrogen-bond donors (Lipinski definition) is 1. The maximum atomic E-state index is 5.86. The molecule has 2 heterocycles. The van der Waals surface area contributed by atoms with Crippen LogP contribution in [0, 0.1) is 6.92 Å². The molecule has 0 aliphatic heterocycles. The van der Waals surface area contributed by atoms with Crippen molar-refractivity contribution in [2.45, 2.75) is 13.5 Å². The normalized spacial score (nSPS) is 10.8. The SMILES string of the molecule is Cc1cc(NCc2ccc(Cl)cc2)n2cnnc2n1. The third-order valence-electron chi connectivity index (χ3n) is 2.80. The van der Waals surface area contributed by atoms with E-state index < -0.39 is 0 Å². The molecule has 0 spiro atoms. The lowest BCUT2D eigenvalue weighted by atomic mass is 10.2. The van der Waals surface area contributed by atoms with Gasteiger partial charge in [-0.25, -0.2) is 4.98 Å². The van der Waals surface area contributed by atoms with E-state index in [1.807, 2.05) is 41.7 Å². The summed E-state index contributed by atoms with van der Waals surface area (Å²) < 4.78 is 1.82. The van der Waals surface area contributed by atoms with Crippen LogP contribution in [0.4, 0.5) is 5.82 Å². The largest absolute Gasteiger partial charge is 0.367 e. The average molecular weight is 274 g/mol. The van der Waals surface area contributed by atoms with Crippen molar-refractivity contribution in [2.75, 3.05) is 5.32 Å². The van der Waals surface area contributed by atoms with Crippen LogP contribution in [0.5, 0.6) is 0 Å². The molecule has 5 nitrogen and oxygen atoms in total. The molecule has 0 fully saturated rings. The Balaban J connectivity index is 1.85. The van der Waals surface area contributed by atoms with Crippen molar-refractivity contribution in [3.05, 3.63) is 52.9 Å². The molecule has 0 unspecified atom stereocenters. The van der Waals surface area contributed by atoms with Crippen LogP contribution in [-0.2, 0) is 6.54 Å². The zero-order valence-electron chi connectivity index (χ0n) is 10.3. The summed E-state index contributed by atoms with van der Waals surface area (Å²) in [4.78, 5) is 4.29. The summed E-state index contributed by atoms with van der Waals surface area (Å²) >= 11 is 5.86. The van der Waals surface area contributed by atoms with Crippen molar-refractivity contribution in [3.8, 4) is 0 Å². The molecule has 3 rings (SSSR count). The molecule has 1 aromatic carbocycles. The van der Waals surface area contributed by atoms with Crippen molar-refractivity contribution in [1.29, 1.82) is 0 Å². The van der Waals surface area contributed by atoms with Crippen LogP contribution in [0.25, 0.3) is 5.78 Å². The number of nitrogens with zero attached hydrogens (tertiary/aromatic N) is 4. The lowest BCUT2D eigenvalue weighted by molar-refractivity contribution is 1.03. The number of fused-ring (bicyclic) bond motifs is 1. The summed E-state index contributed by atoms with van der Waals surface area (Å²) in [6.07, 6.45) is 1.64. The van der Waals surface area contributed by atoms with Gasteiger partial charge in [0.05, 0.1) is 0 Å². The zero-order chi connectivity index (χ0) is 13.2. The minimum Gasteiger partial charge on any atom is -0.367 e. The predicted octanol–water partition coefficient (Wildman–Crippen LogP) is 2.70. The van der Waals surface area contributed by atoms with Gasteiger partial charge in [0, 0.05) is 23.3 Å². The van der Waals surface area contributed by atoms with Crippen LogP contribution in [-0.4, -0.2) is 19.6 Å². The van der Waals surface area contributed by atoms with E-state index in [9.17, 15) is 0 Å². The van der Waals surface area contributed by atoms with Gasteiger partial charge in [0.25, 0.3) is 5.78 Å². The maximum Gasteiger partial charge on any atom is 0.256 e. The number of aromatic nitrogens is 4. The highest BCUT2D eigenvalue weighted by Crippen LogP contribution is 2.14. The molecule has 6 heteroatoms. The van der Waals surface area contributed by atoms with E-state index in [1.165, 1.54) is 0 Å². The van der Waals surface area contributed by atoms with E-state index in [0.29, 0.717) is 12.3 Å². The summed E-state index contributed by atoms with van der Waals surface area (Å²) in [5.74, 6) is 1.51. The fraction of sp³-hybridized carbons (Fsp3) is 0.154. The summed E-state index contributed by atoms with van der Waals surface area (Å²) in [6.45, 7) is 2.63. The van der Waals surface area contributed by atoms with Gasteiger partial charge in [-0.15, -0.1) is 10.2 Å². The van der Waals surface area contributed by atoms with Crippen LogP contribution < -0.4 is 5.32 Å². The number of hydrogen-bond acceptors (Lipinski definition) is 4. The Bertz CT molecular complexity index is 705. The molecule has 96 valence electrons. The Labute approximate surface area is 115 Å². The van der Waals surface area contributed by atoms with Crippen molar-refractivity contribution < 1.29 is 0 Å². The molecule has 0 bridgehead atoms. The van der Waals surface area contributed by atoms with Crippen molar-refractivity contribution in [2.24, 2.45) is 0 Å². The van der Waals surface area contributed by atoms with Crippen LogP contribution in [0.1, 0.15) is 11.3 Å². The van der Waals surface area contributed by atoms with Gasteiger partial charge in [0.15, 0.2) is 0 Å². The third-order valence-corrected chi connectivity index (χ3v) is 3.05. The van der Waals surface area contributed by atoms with E-state index in [2.05, 4.69) is 20.5 Å². The first-order valence-corrected chi connectivity index (χ1v) is 6.26. The minimum absolute atomic E-state index is 0.596. The summed E-state index contributed by atoms with van der Waals surface area (Å²) in [5.41, 5.74) is 2.05. The molecule has 0 aliphatic rings. The quantitative estimate of drug-likeness (QED) is 0.797. The van der Waals surface area contributed by atoms with Crippen LogP contribution in [0.2, 0.25) is 5.02 Å². The number of nitrogens with one attached hydrogen (secondary N) is 1. The molecule has 0 saturated carbocycles. The first-order valence-electron chi connectivity index (χ1n) is 5.88. The Morgan fingerprint density at radius 3 is 2.84 bits per heavy atom. The second-order valence-electron chi connectivity index (χ2n) is 4.26. The molecule has 0 saturated heterocycles. The van der Waals surface area contributed by atoms with E-state index in [4.69, 9.17) is 11.6 Å². The fourth-order valence-corrected chi connectivity index (χ4v) is 1.99. The van der Waals surface area contributed by atoms with Gasteiger partial charge in [-0.05, 0) is 24.6 Å². The average Bonchev–Trinajstić information content (AvgIpc) is 2.85. The minimum atomic E-state index is 0.596. The molecule has 0 atom stereocenters. The molecular formula is C13H12ClN5. The Hall–Kier alpha value is -2.14. The first-order chi connectivity index (χ1) is 9.22. The lowest BCUT2D eigenvalue weighted by Gasteiger charge is -2.09. The van der Waals surface area contributed by atoms with Gasteiger partial charge < -0.3 is 5.32 Å². The first kappa shape index (κ1) is 11.9. The van der Waals surface area contributed by atoms with Crippen LogP contribution in [0.15, 0.2) is 36.7 Å². The topological polar surface area (TPSA) is 55.1 Å². The summed E-state index contributed by atoms with van der Waals surface area (Å²) in [6, 6.07) is 9.71. The maximum absolute atomic E-state index is 5.86. The van der Waals surface area contributed by atoms with Crippen molar-refractivity contribution in [3.63, 3.8) is 0 Å². The molecule has 0 radical (unpaired) electrons. The van der Waals surface area contributed by atoms with Gasteiger partial charge in [-0.1, -0.05) is 23.7 Å². The smallest absolute Gasteiger partial charge is 0.256 e. The van der Waals surface area contributed by atoms with Crippen LogP contribution in [0.3, 0.4) is 0 Å². The zero-order valence-corrected chi connectivity index (χ0v) is 11.1. The van der Waals surface area contributed by atoms with Gasteiger partial charge in [-0.2, -0.15) is 0 Å². The van der Waals surface area contributed by atoms with Gasteiger partial charge >= 0.3 is 0 Å². The van der Waals surface area contributed by atoms with Crippen molar-refractivity contribution >= 4 is 23.2 Å². The molecule has 3 aromatic rings. The standard InChI is InChI=1S/C13H12ClN5/c1-9-6-12(19-8-16-18-13(19)17-9)15-7-10-2-4-11(14)5-3-10/h2-6,8,15H,7H2,1H3. The summed E-state index contributed by atoms with van der Waals surface area (Å²) in [5, 5.41) is 11.9. The van der Waals surface area contributed by atoms with E-state index in [1.54, 1.807) is 6.33 Å². The third kappa shape index (κ3) is 2.51. The van der Waals surface area contributed by atoms with E-state index in [0.717, 1.165) is 22.1 Å². The lowest BCUT2D eigenvalue weighted by Crippen LogP contribution is -2.05. The number of anilines is 1. The monoisotopic (exact) mass is 273 g/mol.